The average molecular weight is 532 g/mol. The van der Waals surface area contributed by atoms with E-state index in [1.54, 1.807) is 0 Å². The number of methoxy groups -OCH3 is 1. The lowest BCUT2D eigenvalue weighted by Gasteiger charge is -2.12. The van der Waals surface area contributed by atoms with Gasteiger partial charge in [0.2, 0.25) is 0 Å². The summed E-state index contributed by atoms with van der Waals surface area (Å²) in [5.41, 5.74) is 1.75. The Labute approximate surface area is 213 Å². The van der Waals surface area contributed by atoms with Crippen LogP contribution >= 0.6 is 0 Å². The van der Waals surface area contributed by atoms with E-state index < -0.39 is 41.9 Å². The van der Waals surface area contributed by atoms with Gasteiger partial charge in [0.1, 0.15) is 5.82 Å². The van der Waals surface area contributed by atoms with Crippen LogP contribution in [0.3, 0.4) is 0 Å². The highest BCUT2D eigenvalue weighted by Crippen LogP contribution is 2.31. The second-order valence-corrected chi connectivity index (χ2v) is 7.49. The van der Waals surface area contributed by atoms with Gasteiger partial charge < -0.3 is 20.1 Å². The molecule has 9 nitrogen and oxygen atoms in total. The van der Waals surface area contributed by atoms with Crippen molar-refractivity contribution in [2.24, 2.45) is 5.10 Å². The molecule has 0 heterocycles. The lowest BCUT2D eigenvalue weighted by Crippen LogP contribution is -2.32. The van der Waals surface area contributed by atoms with Crippen LogP contribution in [0.15, 0.2) is 71.8 Å². The fourth-order valence-electron chi connectivity index (χ4n) is 2.93. The molecule has 0 atom stereocenters. The molecule has 0 aliphatic carbocycles. The van der Waals surface area contributed by atoms with Crippen molar-refractivity contribution in [3.63, 3.8) is 0 Å². The maximum Gasteiger partial charge on any atom is 0.416 e. The number of anilines is 2. The summed E-state index contributed by atoms with van der Waals surface area (Å²) in [6, 6.07) is 13.4. The highest BCUT2D eigenvalue weighted by atomic mass is 19.4. The molecule has 3 N–H and O–H groups in total. The van der Waals surface area contributed by atoms with Gasteiger partial charge in [-0.25, -0.2) is 9.82 Å². The molecule has 198 valence electrons. The molecule has 3 amide bonds. The van der Waals surface area contributed by atoms with E-state index in [-0.39, 0.29) is 22.9 Å². The molecule has 0 saturated heterocycles. The number of amides is 3. The number of halogens is 4. The summed E-state index contributed by atoms with van der Waals surface area (Å²) in [5.74, 6) is -2.92. The van der Waals surface area contributed by atoms with Gasteiger partial charge in [0, 0.05) is 11.4 Å². The van der Waals surface area contributed by atoms with Crippen molar-refractivity contribution >= 4 is 35.3 Å². The van der Waals surface area contributed by atoms with E-state index in [1.165, 1.54) is 55.8 Å². The number of carbonyl (C=O) groups excluding carboxylic acids is 3. The summed E-state index contributed by atoms with van der Waals surface area (Å²) < 4.78 is 62.0. The monoisotopic (exact) mass is 532 g/mol. The Balaban J connectivity index is 1.53. The minimum atomic E-state index is -4.55. The summed E-state index contributed by atoms with van der Waals surface area (Å²) >= 11 is 0. The quantitative estimate of drug-likeness (QED) is 0.176. The number of hydrazone groups is 1. The third-order valence-corrected chi connectivity index (χ3v) is 4.71. The highest BCUT2D eigenvalue weighted by molar-refractivity contribution is 6.39. The minimum Gasteiger partial charge on any atom is -0.493 e. The maximum absolute atomic E-state index is 12.9. The van der Waals surface area contributed by atoms with E-state index in [2.05, 4.69) is 15.7 Å². The van der Waals surface area contributed by atoms with E-state index in [1.807, 2.05) is 5.43 Å². The molecule has 3 aromatic carbocycles. The van der Waals surface area contributed by atoms with E-state index in [4.69, 9.17) is 9.47 Å². The fraction of sp³-hybridized carbons (Fsp3) is 0.120. The van der Waals surface area contributed by atoms with E-state index >= 15 is 0 Å². The SMILES string of the molecule is COc1cc(/C=N\NC(=O)C(=O)Nc2ccc(F)cc2)ccc1OCC(=O)Nc1cccc(C(F)(F)F)c1. The minimum absolute atomic E-state index is 0.0413. The Morgan fingerprint density at radius 2 is 1.63 bits per heavy atom. The van der Waals surface area contributed by atoms with Gasteiger partial charge in [0.15, 0.2) is 18.1 Å². The topological polar surface area (TPSA) is 118 Å². The second kappa shape index (κ2) is 12.3. The summed E-state index contributed by atoms with van der Waals surface area (Å²) in [6.45, 7) is -0.515. The highest BCUT2D eigenvalue weighted by Gasteiger charge is 2.30. The van der Waals surface area contributed by atoms with E-state index in [0.29, 0.717) is 5.56 Å². The predicted molar refractivity (Wildman–Crippen MR) is 129 cm³/mol. The number of alkyl halides is 3. The average Bonchev–Trinajstić information content (AvgIpc) is 2.88. The normalized spacial score (nSPS) is 11.1. The summed E-state index contributed by atoms with van der Waals surface area (Å²) in [7, 11) is 1.34. The molecule has 0 aliphatic heterocycles. The molecule has 0 aromatic heterocycles. The maximum atomic E-state index is 12.9. The van der Waals surface area contributed by atoms with Crippen molar-refractivity contribution in [2.75, 3.05) is 24.4 Å². The largest absolute Gasteiger partial charge is 0.493 e. The zero-order valence-corrected chi connectivity index (χ0v) is 19.6. The third kappa shape index (κ3) is 8.05. The molecule has 13 heteroatoms. The van der Waals surface area contributed by atoms with Crippen molar-refractivity contribution < 1.29 is 41.4 Å². The van der Waals surface area contributed by atoms with E-state index in [9.17, 15) is 31.9 Å². The van der Waals surface area contributed by atoms with Gasteiger partial charge in [-0.2, -0.15) is 18.3 Å². The number of hydrogen-bond acceptors (Lipinski definition) is 6. The van der Waals surface area contributed by atoms with Crippen LogP contribution in [0.4, 0.5) is 28.9 Å². The fourth-order valence-corrected chi connectivity index (χ4v) is 2.93. The number of nitrogens with zero attached hydrogens (tertiary/aromatic N) is 1. The number of rotatable bonds is 8. The van der Waals surface area contributed by atoms with Crippen LogP contribution in [0.25, 0.3) is 0 Å². The number of hydrogen-bond donors (Lipinski definition) is 3. The number of ether oxygens (including phenoxy) is 2. The first-order valence-electron chi connectivity index (χ1n) is 10.7. The lowest BCUT2D eigenvalue weighted by molar-refractivity contribution is -0.137. The summed E-state index contributed by atoms with van der Waals surface area (Å²) in [5, 5.41) is 8.29. The van der Waals surface area contributed by atoms with Gasteiger partial charge in [-0.3, -0.25) is 14.4 Å². The number of benzene rings is 3. The van der Waals surface area contributed by atoms with Crippen molar-refractivity contribution in [3.05, 3.63) is 83.7 Å². The molecule has 0 spiro atoms. The van der Waals surface area contributed by atoms with E-state index in [0.717, 1.165) is 24.3 Å². The summed E-state index contributed by atoms with van der Waals surface area (Å²) in [6.07, 6.45) is -3.33. The van der Waals surface area contributed by atoms with Gasteiger partial charge in [0.25, 0.3) is 5.91 Å². The van der Waals surface area contributed by atoms with Gasteiger partial charge in [0.05, 0.1) is 18.9 Å². The first-order chi connectivity index (χ1) is 18.0. The number of carbonyl (C=O) groups is 3. The van der Waals surface area contributed by atoms with Crippen molar-refractivity contribution in [1.29, 1.82) is 0 Å². The van der Waals surface area contributed by atoms with Gasteiger partial charge in [-0.15, -0.1) is 0 Å². The van der Waals surface area contributed by atoms with Crippen LogP contribution in [-0.2, 0) is 20.6 Å². The molecule has 38 heavy (non-hydrogen) atoms. The molecule has 0 saturated carbocycles. The Morgan fingerprint density at radius 3 is 2.32 bits per heavy atom. The molecule has 3 aromatic rings. The second-order valence-electron chi connectivity index (χ2n) is 7.49. The van der Waals surface area contributed by atoms with Gasteiger partial charge in [-0.05, 0) is 66.2 Å². The Hall–Kier alpha value is -4.94. The third-order valence-electron chi connectivity index (χ3n) is 4.71. The van der Waals surface area contributed by atoms with Crippen LogP contribution in [0.1, 0.15) is 11.1 Å². The zero-order valence-electron chi connectivity index (χ0n) is 19.6. The number of nitrogens with one attached hydrogen (secondary N) is 3. The van der Waals surface area contributed by atoms with Gasteiger partial charge >= 0.3 is 18.0 Å². The predicted octanol–water partition coefficient (Wildman–Crippen LogP) is 3.96. The Kier molecular flexibility index (Phi) is 8.98. The molecule has 0 unspecified atom stereocenters. The van der Waals surface area contributed by atoms with Crippen LogP contribution in [0, 0.1) is 5.82 Å². The first-order valence-corrected chi connectivity index (χ1v) is 10.7. The zero-order chi connectivity index (χ0) is 27.7. The van der Waals surface area contributed by atoms with Crippen LogP contribution in [0.5, 0.6) is 11.5 Å². The lowest BCUT2D eigenvalue weighted by atomic mass is 10.2. The van der Waals surface area contributed by atoms with Crippen LogP contribution < -0.4 is 25.5 Å². The molecule has 0 aliphatic rings. The van der Waals surface area contributed by atoms with Gasteiger partial charge in [-0.1, -0.05) is 6.07 Å². The molecule has 0 fully saturated rings. The van der Waals surface area contributed by atoms with Crippen LogP contribution in [0.2, 0.25) is 0 Å². The van der Waals surface area contributed by atoms with Crippen LogP contribution in [-0.4, -0.2) is 37.7 Å². The smallest absolute Gasteiger partial charge is 0.416 e. The molecular weight excluding hydrogens is 512 g/mol. The Bertz CT molecular complexity index is 1340. The Morgan fingerprint density at radius 1 is 0.895 bits per heavy atom. The molecule has 3 rings (SSSR count). The molecular formula is C25H20F4N4O5. The van der Waals surface area contributed by atoms with Crippen molar-refractivity contribution in [1.82, 2.24) is 5.43 Å². The summed E-state index contributed by atoms with van der Waals surface area (Å²) in [4.78, 5) is 35.9. The first kappa shape index (κ1) is 27.6. The van der Waals surface area contributed by atoms with Crippen molar-refractivity contribution in [2.45, 2.75) is 6.18 Å². The molecule has 0 bridgehead atoms. The molecule has 0 radical (unpaired) electrons. The van der Waals surface area contributed by atoms with Crippen molar-refractivity contribution in [3.8, 4) is 11.5 Å². The standard InChI is InChI=1S/C25H20F4N4O5/c1-37-21-11-15(13-30-33-24(36)23(35)32-18-8-6-17(26)7-9-18)5-10-20(21)38-14-22(34)31-19-4-2-3-16(12-19)25(27,28)29/h2-13H,14H2,1H3,(H,31,34)(H,32,35)(H,33,36)/b30-13-.